The summed E-state index contributed by atoms with van der Waals surface area (Å²) >= 11 is 0. The maximum atomic E-state index is 4.03. The van der Waals surface area contributed by atoms with E-state index in [0.29, 0.717) is 0 Å². The predicted octanol–water partition coefficient (Wildman–Crippen LogP) is 21.1. The van der Waals surface area contributed by atoms with Crippen molar-refractivity contribution < 1.29 is 0 Å². The molecule has 13 aromatic carbocycles. The largest absolute Gasteiger partial charge is 0.355 e. The Balaban J connectivity index is 0.912. The van der Waals surface area contributed by atoms with Crippen LogP contribution in [0.25, 0.3) is 166 Å². The van der Waals surface area contributed by atoms with Crippen LogP contribution in [0.15, 0.2) is 279 Å². The van der Waals surface area contributed by atoms with Crippen molar-refractivity contribution in [3.8, 4) is 134 Å². The minimum Gasteiger partial charge on any atom is -0.355 e. The normalized spacial score (nSPS) is 11.9. The molecule has 77 heavy (non-hydrogen) atoms. The van der Waals surface area contributed by atoms with Gasteiger partial charge in [0.25, 0.3) is 0 Å². The zero-order valence-corrected chi connectivity index (χ0v) is 42.1. The zero-order chi connectivity index (χ0) is 50.6. The number of benzene rings is 13. The summed E-state index contributed by atoms with van der Waals surface area (Å²) in [6.07, 6.45) is 0. The summed E-state index contributed by atoms with van der Waals surface area (Å²) in [6.45, 7) is 0. The molecule has 0 aliphatic heterocycles. The van der Waals surface area contributed by atoms with E-state index >= 15 is 0 Å². The van der Waals surface area contributed by atoms with Crippen LogP contribution in [0.2, 0.25) is 0 Å². The molecular weight excluding hydrogens is 927 g/mol. The summed E-state index contributed by atoms with van der Waals surface area (Å²) in [5.74, 6) is 0. The van der Waals surface area contributed by atoms with Crippen LogP contribution in [0, 0.1) is 0 Å². The average molecular weight is 974 g/mol. The second-order valence-corrected chi connectivity index (χ2v) is 20.6. The molecule has 2 aliphatic carbocycles. The highest BCUT2D eigenvalue weighted by Gasteiger charge is 2.35. The maximum Gasteiger partial charge on any atom is 0.0465 e. The molecule has 1 aromatic heterocycles. The Morgan fingerprint density at radius 1 is 0.156 bits per heavy atom. The predicted molar refractivity (Wildman–Crippen MR) is 326 cm³/mol. The summed E-state index contributed by atoms with van der Waals surface area (Å²) < 4.78 is 0. The monoisotopic (exact) mass is 973 g/mol. The van der Waals surface area contributed by atoms with Crippen molar-refractivity contribution in [3.63, 3.8) is 0 Å². The SMILES string of the molecule is c1ccc(-c2c(-c3ccccc3)c(-c3ccccc3)c3c(c2-c2ccccc2)-c2cccc4c(-c5ccc(-c6ccc7c8c(cccc68)-c6c-7c(-c7ccccc7)c7ccccc7c6-c6ccccc6)[nH]5)ccc-3c24)cc1. The van der Waals surface area contributed by atoms with Gasteiger partial charge in [0.2, 0.25) is 0 Å². The molecule has 356 valence electrons. The minimum absolute atomic E-state index is 1.09. The highest BCUT2D eigenvalue weighted by Crippen LogP contribution is 2.62. The first-order valence-electron chi connectivity index (χ1n) is 26.8. The van der Waals surface area contributed by atoms with Gasteiger partial charge in [0, 0.05) is 22.5 Å². The summed E-state index contributed by atoms with van der Waals surface area (Å²) in [6, 6.07) is 103. The molecule has 0 spiro atoms. The molecule has 0 saturated carbocycles. The highest BCUT2D eigenvalue weighted by molar-refractivity contribution is 6.30. The number of fused-ring (bicyclic) bond motifs is 7. The number of nitrogens with one attached hydrogen (secondary N) is 1. The minimum atomic E-state index is 1.09. The summed E-state index contributed by atoms with van der Waals surface area (Å²) in [5, 5.41) is 7.60. The Labute approximate surface area is 447 Å². The Morgan fingerprint density at radius 3 is 0.740 bits per heavy atom. The Kier molecular flexibility index (Phi) is 9.71. The second-order valence-electron chi connectivity index (χ2n) is 20.6. The van der Waals surface area contributed by atoms with E-state index in [1.165, 1.54) is 155 Å². The first-order chi connectivity index (χ1) is 38.3. The molecule has 14 aromatic rings. The molecular formula is C76H47N. The van der Waals surface area contributed by atoms with Crippen molar-refractivity contribution in [2.75, 3.05) is 0 Å². The number of aromatic amines is 1. The third-order valence-corrected chi connectivity index (χ3v) is 16.5. The van der Waals surface area contributed by atoms with Gasteiger partial charge < -0.3 is 4.98 Å². The molecule has 0 bridgehead atoms. The van der Waals surface area contributed by atoms with Gasteiger partial charge in [-0.2, -0.15) is 0 Å². The van der Waals surface area contributed by atoms with Crippen LogP contribution in [0.1, 0.15) is 0 Å². The summed E-state index contributed by atoms with van der Waals surface area (Å²) in [4.78, 5) is 4.03. The van der Waals surface area contributed by atoms with E-state index in [0.717, 1.165) is 11.4 Å². The highest BCUT2D eigenvalue weighted by atomic mass is 14.7. The van der Waals surface area contributed by atoms with Crippen molar-refractivity contribution in [2.24, 2.45) is 0 Å². The second kappa shape index (κ2) is 17.2. The fraction of sp³-hybridized carbons (Fsp3) is 0. The van der Waals surface area contributed by atoms with E-state index in [1.807, 2.05) is 0 Å². The lowest BCUT2D eigenvalue weighted by atomic mass is 9.76. The van der Waals surface area contributed by atoms with Gasteiger partial charge in [-0.15, -0.1) is 0 Å². The third-order valence-electron chi connectivity index (χ3n) is 16.5. The molecule has 0 saturated heterocycles. The topological polar surface area (TPSA) is 15.8 Å². The molecule has 1 heteroatoms. The van der Waals surface area contributed by atoms with E-state index in [-0.39, 0.29) is 0 Å². The fourth-order valence-electron chi connectivity index (χ4n) is 13.5. The number of H-pyrrole nitrogens is 1. The lowest BCUT2D eigenvalue weighted by Crippen LogP contribution is -1.99. The fourth-order valence-corrected chi connectivity index (χ4v) is 13.5. The quantitative estimate of drug-likeness (QED) is 0.156. The average Bonchev–Trinajstić information content (AvgIpc) is 4.39. The first kappa shape index (κ1) is 43.3. The molecule has 0 amide bonds. The number of aromatic nitrogens is 1. The number of rotatable bonds is 8. The summed E-state index contributed by atoms with van der Waals surface area (Å²) in [7, 11) is 0. The lowest BCUT2D eigenvalue weighted by Gasteiger charge is -2.26. The molecule has 1 N–H and O–H groups in total. The van der Waals surface area contributed by atoms with Crippen molar-refractivity contribution in [2.45, 2.75) is 0 Å². The van der Waals surface area contributed by atoms with Gasteiger partial charge in [-0.25, -0.2) is 0 Å². The smallest absolute Gasteiger partial charge is 0.0465 e. The molecule has 1 nitrogen and oxygen atoms in total. The van der Waals surface area contributed by atoms with E-state index in [2.05, 4.69) is 284 Å². The van der Waals surface area contributed by atoms with Crippen molar-refractivity contribution in [3.05, 3.63) is 279 Å². The standard InChI is InChI=1S/C76H47N/c1-7-23-47(24-8-1)65-57-35-19-20-36-58(57)66(48-25-9-2-10-26-48)74-61-43-41-53(55-37-21-39-59(71(55)61)73(65)74)63-45-46-64(77-63)54-42-44-62-72-56(54)38-22-40-60(72)75-69(51-31-15-5-16-32-51)67(49-27-11-3-12-28-49)68(50-29-13-4-14-30-50)70(76(62)75)52-33-17-6-18-34-52/h1-46,77H. The van der Waals surface area contributed by atoms with Crippen LogP contribution < -0.4 is 0 Å². The molecule has 2 aliphatic rings. The van der Waals surface area contributed by atoms with Crippen LogP contribution >= 0.6 is 0 Å². The van der Waals surface area contributed by atoms with Crippen molar-refractivity contribution in [1.29, 1.82) is 0 Å². The van der Waals surface area contributed by atoms with Gasteiger partial charge in [-0.1, -0.05) is 267 Å². The van der Waals surface area contributed by atoms with Crippen LogP contribution in [0.5, 0.6) is 0 Å². The van der Waals surface area contributed by atoms with Gasteiger partial charge in [0.05, 0.1) is 0 Å². The van der Waals surface area contributed by atoms with Crippen LogP contribution in [0.3, 0.4) is 0 Å². The molecule has 16 rings (SSSR count). The van der Waals surface area contributed by atoms with Crippen molar-refractivity contribution in [1.82, 2.24) is 4.98 Å². The maximum absolute atomic E-state index is 4.03. The third kappa shape index (κ3) is 6.48. The zero-order valence-electron chi connectivity index (χ0n) is 42.1. The number of hydrogen-bond donors (Lipinski definition) is 1. The molecule has 0 atom stereocenters. The Hall–Kier alpha value is -10.1. The first-order valence-corrected chi connectivity index (χ1v) is 26.8. The van der Waals surface area contributed by atoms with Gasteiger partial charge in [0.1, 0.15) is 0 Å². The Bertz CT molecular complexity index is 4460. The molecule has 0 radical (unpaired) electrons. The van der Waals surface area contributed by atoms with Gasteiger partial charge in [0.15, 0.2) is 0 Å². The number of hydrogen-bond acceptors (Lipinski definition) is 0. The van der Waals surface area contributed by atoms with Crippen LogP contribution in [0.4, 0.5) is 0 Å². The summed E-state index contributed by atoms with van der Waals surface area (Å²) in [5.41, 5.74) is 29.7. The van der Waals surface area contributed by atoms with E-state index in [9.17, 15) is 0 Å². The van der Waals surface area contributed by atoms with Crippen molar-refractivity contribution >= 4 is 32.3 Å². The van der Waals surface area contributed by atoms with Gasteiger partial charge in [-0.05, 0) is 156 Å². The Morgan fingerprint density at radius 2 is 0.403 bits per heavy atom. The van der Waals surface area contributed by atoms with E-state index < -0.39 is 0 Å². The van der Waals surface area contributed by atoms with E-state index in [1.54, 1.807) is 0 Å². The van der Waals surface area contributed by atoms with Gasteiger partial charge in [-0.3, -0.25) is 0 Å². The molecule has 0 unspecified atom stereocenters. The van der Waals surface area contributed by atoms with Crippen LogP contribution in [-0.4, -0.2) is 4.98 Å². The molecule has 0 fully saturated rings. The van der Waals surface area contributed by atoms with E-state index in [4.69, 9.17) is 0 Å². The molecule has 1 heterocycles. The van der Waals surface area contributed by atoms with Gasteiger partial charge >= 0.3 is 0 Å². The lowest BCUT2D eigenvalue weighted by molar-refractivity contribution is 1.41. The van der Waals surface area contributed by atoms with Crippen LogP contribution in [-0.2, 0) is 0 Å².